The third kappa shape index (κ3) is 2.35. The van der Waals surface area contributed by atoms with Crippen LogP contribution in [0.1, 0.15) is 15.9 Å². The molecule has 3 aromatic rings. The lowest BCUT2D eigenvalue weighted by atomic mass is 10.1. The second kappa shape index (κ2) is 5.32. The van der Waals surface area contributed by atoms with E-state index in [9.17, 15) is 9.18 Å². The smallest absolute Gasteiger partial charge is 0.262 e. The van der Waals surface area contributed by atoms with Gasteiger partial charge >= 0.3 is 0 Å². The lowest BCUT2D eigenvalue weighted by Gasteiger charge is -2.17. The number of rotatable bonds is 1. The van der Waals surface area contributed by atoms with E-state index in [1.807, 2.05) is 18.2 Å². The molecule has 1 aromatic heterocycles. The number of aromatic nitrogens is 1. The van der Waals surface area contributed by atoms with E-state index in [0.29, 0.717) is 23.8 Å². The Balaban J connectivity index is 1.79. The van der Waals surface area contributed by atoms with Crippen LogP contribution < -0.4 is 4.90 Å². The lowest BCUT2D eigenvalue weighted by Crippen LogP contribution is -2.30. The summed E-state index contributed by atoms with van der Waals surface area (Å²) >= 11 is 6.01. The number of hydrogen-bond donors (Lipinski definition) is 0. The maximum Gasteiger partial charge on any atom is 0.262 e. The normalized spacial score (nSPS) is 13.4. The number of anilines is 1. The van der Waals surface area contributed by atoms with E-state index >= 15 is 0 Å². The molecule has 0 aliphatic carbocycles. The van der Waals surface area contributed by atoms with Crippen molar-refractivity contribution >= 4 is 34.2 Å². The van der Waals surface area contributed by atoms with Gasteiger partial charge < -0.3 is 0 Å². The fourth-order valence-corrected chi connectivity index (χ4v) is 3.10. The van der Waals surface area contributed by atoms with Gasteiger partial charge in [-0.05, 0) is 48.4 Å². The van der Waals surface area contributed by atoms with Crippen LogP contribution in [-0.2, 0) is 6.42 Å². The highest BCUT2D eigenvalue weighted by Gasteiger charge is 2.28. The highest BCUT2D eigenvalue weighted by Crippen LogP contribution is 2.31. The summed E-state index contributed by atoms with van der Waals surface area (Å²) in [6, 6.07) is 13.5. The standard InChI is InChI=1S/C18H12ClFN2O/c19-13-5-6-16-12(10-13)9-11-7-8-22(17(11)21-16)18(23)14-3-1-2-4-15(14)20/h1-6,9-10H,7-8H2. The molecule has 1 aliphatic rings. The van der Waals surface area contributed by atoms with Crippen molar-refractivity contribution in [2.75, 3.05) is 11.4 Å². The lowest BCUT2D eigenvalue weighted by molar-refractivity contribution is 0.0985. The van der Waals surface area contributed by atoms with Gasteiger partial charge in [-0.25, -0.2) is 9.37 Å². The Bertz CT molecular complexity index is 941. The second-order valence-electron chi connectivity index (χ2n) is 5.49. The highest BCUT2D eigenvalue weighted by molar-refractivity contribution is 6.31. The van der Waals surface area contributed by atoms with Crippen molar-refractivity contribution in [1.82, 2.24) is 4.98 Å². The molecule has 0 saturated carbocycles. The van der Waals surface area contributed by atoms with Gasteiger partial charge in [0.2, 0.25) is 0 Å². The van der Waals surface area contributed by atoms with Crippen LogP contribution in [0.15, 0.2) is 48.5 Å². The molecule has 114 valence electrons. The van der Waals surface area contributed by atoms with Crippen LogP contribution in [0.4, 0.5) is 10.2 Å². The van der Waals surface area contributed by atoms with Gasteiger partial charge in [-0.1, -0.05) is 23.7 Å². The SMILES string of the molecule is O=C(c1ccccc1F)N1CCc2cc3cc(Cl)ccc3nc21. The Hall–Kier alpha value is -2.46. The monoisotopic (exact) mass is 326 g/mol. The van der Waals surface area contributed by atoms with Crippen LogP contribution in [0.3, 0.4) is 0 Å². The maximum absolute atomic E-state index is 13.9. The Labute approximate surface area is 137 Å². The third-order valence-electron chi connectivity index (χ3n) is 4.04. The first-order valence-electron chi connectivity index (χ1n) is 7.29. The topological polar surface area (TPSA) is 33.2 Å². The van der Waals surface area contributed by atoms with Crippen LogP contribution in [0.2, 0.25) is 5.02 Å². The highest BCUT2D eigenvalue weighted by atomic mass is 35.5. The molecule has 1 amide bonds. The van der Waals surface area contributed by atoms with E-state index in [1.54, 1.807) is 23.1 Å². The number of halogens is 2. The number of nitrogens with zero attached hydrogens (tertiary/aromatic N) is 2. The third-order valence-corrected chi connectivity index (χ3v) is 4.28. The molecule has 0 radical (unpaired) electrons. The number of fused-ring (bicyclic) bond motifs is 2. The van der Waals surface area contributed by atoms with E-state index in [-0.39, 0.29) is 11.5 Å². The predicted octanol–water partition coefficient (Wildman–Crippen LogP) is 4.23. The van der Waals surface area contributed by atoms with Crippen molar-refractivity contribution in [2.45, 2.75) is 6.42 Å². The minimum absolute atomic E-state index is 0.0679. The molecular formula is C18H12ClFN2O. The summed E-state index contributed by atoms with van der Waals surface area (Å²) in [6.07, 6.45) is 0.699. The number of pyridine rings is 1. The zero-order chi connectivity index (χ0) is 16.0. The van der Waals surface area contributed by atoms with Crippen molar-refractivity contribution < 1.29 is 9.18 Å². The van der Waals surface area contributed by atoms with Crippen LogP contribution in [0.5, 0.6) is 0 Å². The van der Waals surface area contributed by atoms with Crippen LogP contribution in [-0.4, -0.2) is 17.4 Å². The van der Waals surface area contributed by atoms with E-state index in [4.69, 9.17) is 11.6 Å². The predicted molar refractivity (Wildman–Crippen MR) is 88.5 cm³/mol. The number of amides is 1. The quantitative estimate of drug-likeness (QED) is 0.670. The van der Waals surface area contributed by atoms with Crippen molar-refractivity contribution in [3.05, 3.63) is 70.5 Å². The van der Waals surface area contributed by atoms with Crippen molar-refractivity contribution in [3.8, 4) is 0 Å². The van der Waals surface area contributed by atoms with Gasteiger partial charge in [-0.15, -0.1) is 0 Å². The molecule has 0 atom stereocenters. The largest absolute Gasteiger partial charge is 0.292 e. The number of carbonyl (C=O) groups excluding carboxylic acids is 1. The minimum atomic E-state index is -0.515. The van der Waals surface area contributed by atoms with Crippen molar-refractivity contribution in [3.63, 3.8) is 0 Å². The Kier molecular flexibility index (Phi) is 3.27. The summed E-state index contributed by atoms with van der Waals surface area (Å²) in [5.41, 5.74) is 1.81. The summed E-state index contributed by atoms with van der Waals surface area (Å²) in [7, 11) is 0. The summed E-state index contributed by atoms with van der Waals surface area (Å²) < 4.78 is 13.9. The average Bonchev–Trinajstić information content (AvgIpc) is 2.95. The number of benzene rings is 2. The zero-order valence-corrected chi connectivity index (χ0v) is 12.8. The van der Waals surface area contributed by atoms with Gasteiger partial charge in [-0.2, -0.15) is 0 Å². The van der Waals surface area contributed by atoms with E-state index in [2.05, 4.69) is 4.98 Å². The molecular weight excluding hydrogens is 315 g/mol. The molecule has 3 nitrogen and oxygen atoms in total. The molecule has 4 rings (SSSR count). The average molecular weight is 327 g/mol. The molecule has 5 heteroatoms. The fraction of sp³-hybridized carbons (Fsp3) is 0.111. The van der Waals surface area contributed by atoms with E-state index < -0.39 is 5.82 Å². The summed E-state index contributed by atoms with van der Waals surface area (Å²) in [4.78, 5) is 18.8. The first-order chi connectivity index (χ1) is 11.1. The molecule has 2 heterocycles. The Morgan fingerprint density at radius 2 is 2.00 bits per heavy atom. The second-order valence-corrected chi connectivity index (χ2v) is 5.93. The molecule has 23 heavy (non-hydrogen) atoms. The van der Waals surface area contributed by atoms with Crippen LogP contribution >= 0.6 is 11.6 Å². The van der Waals surface area contributed by atoms with Crippen LogP contribution in [0, 0.1) is 5.82 Å². The molecule has 0 unspecified atom stereocenters. The zero-order valence-electron chi connectivity index (χ0n) is 12.1. The molecule has 0 saturated heterocycles. The number of hydrogen-bond acceptors (Lipinski definition) is 2. The Morgan fingerprint density at radius 1 is 1.17 bits per heavy atom. The Morgan fingerprint density at radius 3 is 2.83 bits per heavy atom. The van der Waals surface area contributed by atoms with Gasteiger partial charge in [0.05, 0.1) is 11.1 Å². The van der Waals surface area contributed by atoms with E-state index in [0.717, 1.165) is 16.5 Å². The molecule has 0 fully saturated rings. The summed E-state index contributed by atoms with van der Waals surface area (Å²) in [5, 5.41) is 1.59. The maximum atomic E-state index is 13.9. The molecule has 1 aliphatic heterocycles. The molecule has 0 bridgehead atoms. The minimum Gasteiger partial charge on any atom is -0.292 e. The molecule has 0 N–H and O–H groups in total. The molecule has 0 spiro atoms. The van der Waals surface area contributed by atoms with Gasteiger partial charge in [0.1, 0.15) is 11.6 Å². The van der Waals surface area contributed by atoms with Gasteiger partial charge in [0.15, 0.2) is 0 Å². The first kappa shape index (κ1) is 14.2. The fourth-order valence-electron chi connectivity index (χ4n) is 2.91. The van der Waals surface area contributed by atoms with Crippen molar-refractivity contribution in [1.29, 1.82) is 0 Å². The first-order valence-corrected chi connectivity index (χ1v) is 7.67. The van der Waals surface area contributed by atoms with Crippen molar-refractivity contribution in [2.24, 2.45) is 0 Å². The van der Waals surface area contributed by atoms with Crippen LogP contribution in [0.25, 0.3) is 10.9 Å². The summed E-state index contributed by atoms with van der Waals surface area (Å²) in [5.74, 6) is -0.269. The van der Waals surface area contributed by atoms with Gasteiger partial charge in [0.25, 0.3) is 5.91 Å². The summed E-state index contributed by atoms with van der Waals surface area (Å²) in [6.45, 7) is 0.500. The van der Waals surface area contributed by atoms with Gasteiger partial charge in [0, 0.05) is 17.0 Å². The van der Waals surface area contributed by atoms with Gasteiger partial charge in [-0.3, -0.25) is 9.69 Å². The van der Waals surface area contributed by atoms with E-state index in [1.165, 1.54) is 12.1 Å². The number of carbonyl (C=O) groups is 1. The molecule has 2 aromatic carbocycles.